The number of hydrogen-bond donors (Lipinski definition) is 1. The fourth-order valence-corrected chi connectivity index (χ4v) is 1.92. The van der Waals surface area contributed by atoms with Crippen molar-refractivity contribution in [1.82, 2.24) is 10.2 Å². The Labute approximate surface area is 104 Å². The minimum atomic E-state index is 0.148. The van der Waals surface area contributed by atoms with Crippen LogP contribution in [0.4, 0.5) is 0 Å². The average molecular weight is 234 g/mol. The second-order valence-corrected chi connectivity index (χ2v) is 4.29. The number of nitrogens with one attached hydrogen (secondary N) is 1. The van der Waals surface area contributed by atoms with Crippen molar-refractivity contribution in [1.29, 1.82) is 0 Å². The first-order valence-electron chi connectivity index (χ1n) is 6.13. The normalized spacial score (nSPS) is 12.2. The van der Waals surface area contributed by atoms with Gasteiger partial charge < -0.3 is 10.2 Å². The molecule has 0 spiro atoms. The summed E-state index contributed by atoms with van der Waals surface area (Å²) in [4.78, 5) is 13.6. The van der Waals surface area contributed by atoms with E-state index in [9.17, 15) is 4.79 Å². The Morgan fingerprint density at radius 2 is 2.00 bits per heavy atom. The van der Waals surface area contributed by atoms with Crippen molar-refractivity contribution >= 4 is 5.91 Å². The Morgan fingerprint density at radius 3 is 2.53 bits per heavy atom. The molecule has 0 saturated heterocycles. The van der Waals surface area contributed by atoms with Crippen molar-refractivity contribution in [2.24, 2.45) is 0 Å². The van der Waals surface area contributed by atoms with Crippen LogP contribution in [-0.2, 0) is 11.2 Å². The third kappa shape index (κ3) is 4.19. The van der Waals surface area contributed by atoms with Gasteiger partial charge in [0.25, 0.3) is 0 Å². The van der Waals surface area contributed by atoms with Gasteiger partial charge in [0.05, 0.1) is 6.54 Å². The fraction of sp³-hybridized carbons (Fsp3) is 0.500. The van der Waals surface area contributed by atoms with Gasteiger partial charge in [-0.1, -0.05) is 37.3 Å². The summed E-state index contributed by atoms with van der Waals surface area (Å²) in [7, 11) is 3.68. The molecule has 94 valence electrons. The highest BCUT2D eigenvalue weighted by atomic mass is 16.2. The van der Waals surface area contributed by atoms with Gasteiger partial charge in [-0.25, -0.2) is 0 Å². The van der Waals surface area contributed by atoms with Gasteiger partial charge in [-0.05, 0) is 25.5 Å². The molecule has 0 aromatic heterocycles. The van der Waals surface area contributed by atoms with Crippen LogP contribution in [-0.4, -0.2) is 37.5 Å². The molecule has 17 heavy (non-hydrogen) atoms. The summed E-state index contributed by atoms with van der Waals surface area (Å²) < 4.78 is 0. The molecule has 1 rings (SSSR count). The van der Waals surface area contributed by atoms with Gasteiger partial charge in [-0.15, -0.1) is 0 Å². The highest BCUT2D eigenvalue weighted by molar-refractivity contribution is 5.78. The summed E-state index contributed by atoms with van der Waals surface area (Å²) in [5, 5.41) is 2.90. The third-order valence-corrected chi connectivity index (χ3v) is 3.05. The summed E-state index contributed by atoms with van der Waals surface area (Å²) in [5.74, 6) is 0.148. The molecule has 0 radical (unpaired) electrons. The molecule has 3 heteroatoms. The van der Waals surface area contributed by atoms with Gasteiger partial charge in [0.1, 0.15) is 0 Å². The molecule has 1 atom stereocenters. The number of likely N-dealkylation sites (N-methyl/N-ethyl adjacent to an activating group) is 2. The van der Waals surface area contributed by atoms with Crippen LogP contribution in [0.3, 0.4) is 0 Å². The number of hydrogen-bond acceptors (Lipinski definition) is 2. The molecule has 0 aliphatic heterocycles. The molecule has 0 saturated carbocycles. The van der Waals surface area contributed by atoms with Gasteiger partial charge in [0.2, 0.25) is 5.91 Å². The lowest BCUT2D eigenvalue weighted by molar-refractivity contribution is -0.130. The molecular weight excluding hydrogens is 212 g/mol. The maximum Gasteiger partial charge on any atom is 0.236 e. The highest BCUT2D eigenvalue weighted by Gasteiger charge is 2.17. The van der Waals surface area contributed by atoms with Gasteiger partial charge in [-0.3, -0.25) is 4.79 Å². The van der Waals surface area contributed by atoms with Crippen LogP contribution in [0.2, 0.25) is 0 Å². The monoisotopic (exact) mass is 234 g/mol. The quantitative estimate of drug-likeness (QED) is 0.812. The summed E-state index contributed by atoms with van der Waals surface area (Å²) in [6.07, 6.45) is 1.89. The van der Waals surface area contributed by atoms with Crippen LogP contribution in [0, 0.1) is 0 Å². The number of carbonyl (C=O) groups is 1. The molecule has 1 N–H and O–H groups in total. The van der Waals surface area contributed by atoms with Gasteiger partial charge in [0.15, 0.2) is 0 Å². The first-order chi connectivity index (χ1) is 8.19. The van der Waals surface area contributed by atoms with Crippen molar-refractivity contribution < 1.29 is 4.79 Å². The van der Waals surface area contributed by atoms with Crippen LogP contribution in [0.5, 0.6) is 0 Å². The summed E-state index contributed by atoms with van der Waals surface area (Å²) in [5.41, 5.74) is 1.28. The molecular formula is C14H22N2O. The minimum Gasteiger partial charge on any atom is -0.341 e. The molecule has 1 unspecified atom stereocenters. The zero-order valence-electron chi connectivity index (χ0n) is 10.9. The Kier molecular flexibility index (Phi) is 5.70. The fourth-order valence-electron chi connectivity index (χ4n) is 1.92. The summed E-state index contributed by atoms with van der Waals surface area (Å²) >= 11 is 0. The van der Waals surface area contributed by atoms with E-state index in [1.165, 1.54) is 5.56 Å². The summed E-state index contributed by atoms with van der Waals surface area (Å²) in [6.45, 7) is 2.53. The van der Waals surface area contributed by atoms with E-state index in [1.807, 2.05) is 30.1 Å². The van der Waals surface area contributed by atoms with Crippen molar-refractivity contribution in [2.75, 3.05) is 20.6 Å². The largest absolute Gasteiger partial charge is 0.341 e. The predicted molar refractivity (Wildman–Crippen MR) is 70.9 cm³/mol. The highest BCUT2D eigenvalue weighted by Crippen LogP contribution is 2.10. The SMILES string of the molecule is CCC(Cc1ccccc1)N(C)C(=O)CNC. The minimum absolute atomic E-state index is 0.148. The standard InChI is InChI=1S/C14H22N2O/c1-4-13(16(3)14(17)11-15-2)10-12-8-6-5-7-9-12/h5-9,13,15H,4,10-11H2,1-3H3. The lowest BCUT2D eigenvalue weighted by Gasteiger charge is -2.27. The van der Waals surface area contributed by atoms with Crippen molar-refractivity contribution in [2.45, 2.75) is 25.8 Å². The van der Waals surface area contributed by atoms with E-state index >= 15 is 0 Å². The van der Waals surface area contributed by atoms with Gasteiger partial charge in [0, 0.05) is 13.1 Å². The number of benzene rings is 1. The van der Waals surface area contributed by atoms with Crippen LogP contribution in [0.1, 0.15) is 18.9 Å². The van der Waals surface area contributed by atoms with Crippen molar-refractivity contribution in [3.63, 3.8) is 0 Å². The second-order valence-electron chi connectivity index (χ2n) is 4.29. The summed E-state index contributed by atoms with van der Waals surface area (Å²) in [6, 6.07) is 10.6. The van der Waals surface area contributed by atoms with Crippen molar-refractivity contribution in [3.05, 3.63) is 35.9 Å². The molecule has 0 bridgehead atoms. The zero-order valence-corrected chi connectivity index (χ0v) is 10.9. The molecule has 0 aliphatic carbocycles. The number of carbonyl (C=O) groups excluding carboxylic acids is 1. The van der Waals surface area contributed by atoms with E-state index in [-0.39, 0.29) is 11.9 Å². The maximum atomic E-state index is 11.8. The van der Waals surface area contributed by atoms with E-state index in [4.69, 9.17) is 0 Å². The Balaban J connectivity index is 2.62. The van der Waals surface area contributed by atoms with Gasteiger partial charge in [-0.2, -0.15) is 0 Å². The molecule has 1 amide bonds. The smallest absolute Gasteiger partial charge is 0.236 e. The third-order valence-electron chi connectivity index (χ3n) is 3.05. The van der Waals surface area contributed by atoms with Crippen LogP contribution in [0.25, 0.3) is 0 Å². The number of rotatable bonds is 6. The predicted octanol–water partition coefficient (Wildman–Crippen LogP) is 1.69. The van der Waals surface area contributed by atoms with Crippen LogP contribution in [0.15, 0.2) is 30.3 Å². The van der Waals surface area contributed by atoms with E-state index in [2.05, 4.69) is 24.4 Å². The topological polar surface area (TPSA) is 32.3 Å². The van der Waals surface area contributed by atoms with Crippen LogP contribution < -0.4 is 5.32 Å². The second kappa shape index (κ2) is 7.07. The first kappa shape index (κ1) is 13.7. The number of amides is 1. The van der Waals surface area contributed by atoms with Gasteiger partial charge >= 0.3 is 0 Å². The molecule has 0 heterocycles. The Morgan fingerprint density at radius 1 is 1.35 bits per heavy atom. The molecule has 1 aromatic rings. The zero-order chi connectivity index (χ0) is 12.7. The molecule has 0 fully saturated rings. The number of nitrogens with zero attached hydrogens (tertiary/aromatic N) is 1. The molecule has 0 aliphatic rings. The van der Waals surface area contributed by atoms with E-state index in [1.54, 1.807) is 7.05 Å². The lowest BCUT2D eigenvalue weighted by atomic mass is 10.0. The molecule has 1 aromatic carbocycles. The lowest BCUT2D eigenvalue weighted by Crippen LogP contribution is -2.42. The Bertz CT molecular complexity index is 337. The Hall–Kier alpha value is -1.35. The van der Waals surface area contributed by atoms with E-state index in [0.717, 1.165) is 12.8 Å². The van der Waals surface area contributed by atoms with Crippen molar-refractivity contribution in [3.8, 4) is 0 Å². The van der Waals surface area contributed by atoms with E-state index in [0.29, 0.717) is 6.54 Å². The van der Waals surface area contributed by atoms with E-state index < -0.39 is 0 Å². The van der Waals surface area contributed by atoms with Crippen LogP contribution >= 0.6 is 0 Å². The average Bonchev–Trinajstić information content (AvgIpc) is 2.36. The molecule has 3 nitrogen and oxygen atoms in total. The maximum absolute atomic E-state index is 11.8. The first-order valence-corrected chi connectivity index (χ1v) is 6.13.